The molecular formula is C55H32N4OS2. The predicted molar refractivity (Wildman–Crippen MR) is 259 cm³/mol. The Morgan fingerprint density at radius 2 is 1.10 bits per heavy atom. The molecule has 290 valence electrons. The first-order valence-electron chi connectivity index (χ1n) is 20.9. The monoisotopic (exact) mass is 828 g/mol. The molecular weight excluding hydrogens is 797 g/mol. The lowest BCUT2D eigenvalue weighted by Gasteiger charge is -2.27. The maximum absolute atomic E-state index is 6.87. The van der Waals surface area contributed by atoms with Gasteiger partial charge in [-0.25, -0.2) is 15.0 Å². The highest BCUT2D eigenvalue weighted by Crippen LogP contribution is 2.54. The number of fused-ring (bicyclic) bond motifs is 13. The maximum atomic E-state index is 6.87. The number of anilines is 2. The topological polar surface area (TPSA) is 55.1 Å². The van der Waals surface area contributed by atoms with E-state index in [0.717, 1.165) is 60.1 Å². The van der Waals surface area contributed by atoms with Gasteiger partial charge in [-0.05, 0) is 77.7 Å². The predicted octanol–water partition coefficient (Wildman–Crippen LogP) is 15.3. The third-order valence-corrected chi connectivity index (χ3v) is 15.3. The minimum absolute atomic E-state index is 0.211. The van der Waals surface area contributed by atoms with Crippen LogP contribution >= 0.6 is 22.7 Å². The van der Waals surface area contributed by atoms with E-state index in [-0.39, 0.29) is 5.92 Å². The van der Waals surface area contributed by atoms with Crippen LogP contribution in [-0.2, 0) is 6.42 Å². The summed E-state index contributed by atoms with van der Waals surface area (Å²) in [5.41, 5.74) is 11.9. The fraction of sp³-hybridized carbons (Fsp3) is 0.0364. The minimum atomic E-state index is 0.211. The van der Waals surface area contributed by atoms with Crippen LogP contribution in [0.3, 0.4) is 0 Å². The first-order chi connectivity index (χ1) is 30.7. The summed E-state index contributed by atoms with van der Waals surface area (Å²) < 4.78 is 11.7. The summed E-state index contributed by atoms with van der Waals surface area (Å²) >= 11 is 3.58. The van der Waals surface area contributed by atoms with Gasteiger partial charge in [-0.1, -0.05) is 121 Å². The lowest BCUT2D eigenvalue weighted by atomic mass is 9.84. The second kappa shape index (κ2) is 13.0. The highest BCUT2D eigenvalue weighted by Gasteiger charge is 2.38. The number of thiophene rings is 2. The van der Waals surface area contributed by atoms with Crippen LogP contribution in [0.1, 0.15) is 22.6 Å². The van der Waals surface area contributed by atoms with E-state index >= 15 is 0 Å². The van der Waals surface area contributed by atoms with Crippen LogP contribution in [0.25, 0.3) is 103 Å². The molecule has 0 saturated heterocycles. The highest BCUT2D eigenvalue weighted by molar-refractivity contribution is 7.26. The first-order valence-corrected chi connectivity index (χ1v) is 22.6. The molecule has 1 atom stereocenters. The summed E-state index contributed by atoms with van der Waals surface area (Å²) in [5.74, 6) is 2.12. The van der Waals surface area contributed by atoms with Gasteiger partial charge >= 0.3 is 0 Å². The Kier molecular flexibility index (Phi) is 7.20. The summed E-state index contributed by atoms with van der Waals surface area (Å²) in [7, 11) is 0. The average molecular weight is 829 g/mol. The molecule has 0 amide bonds. The second-order valence-corrected chi connectivity index (χ2v) is 18.4. The Hall–Kier alpha value is -7.45. The zero-order valence-corrected chi connectivity index (χ0v) is 34.7. The molecule has 4 aromatic heterocycles. The molecule has 0 spiro atoms. The Balaban J connectivity index is 1.06. The molecule has 1 unspecified atom stereocenters. The van der Waals surface area contributed by atoms with Crippen LogP contribution in [0.4, 0.5) is 11.4 Å². The lowest BCUT2D eigenvalue weighted by Crippen LogP contribution is -2.18. The second-order valence-electron chi connectivity index (χ2n) is 16.3. The Morgan fingerprint density at radius 3 is 1.84 bits per heavy atom. The van der Waals surface area contributed by atoms with Gasteiger partial charge in [-0.2, -0.15) is 0 Å². The molecule has 5 heterocycles. The fourth-order valence-corrected chi connectivity index (χ4v) is 12.4. The number of furan rings is 1. The van der Waals surface area contributed by atoms with Crippen molar-refractivity contribution in [2.45, 2.75) is 12.3 Å². The number of para-hydroxylation sites is 2. The van der Waals surface area contributed by atoms with Crippen molar-refractivity contribution in [3.05, 3.63) is 192 Å². The Labute approximate surface area is 363 Å². The van der Waals surface area contributed by atoms with Gasteiger partial charge in [0, 0.05) is 85.1 Å². The molecule has 12 aromatic rings. The number of aromatic nitrogens is 3. The largest absolute Gasteiger partial charge is 0.454 e. The van der Waals surface area contributed by atoms with Crippen LogP contribution in [0.15, 0.2) is 180 Å². The zero-order chi connectivity index (χ0) is 40.5. The summed E-state index contributed by atoms with van der Waals surface area (Å²) in [4.78, 5) is 18.8. The summed E-state index contributed by atoms with van der Waals surface area (Å²) in [5, 5.41) is 6.96. The van der Waals surface area contributed by atoms with Crippen molar-refractivity contribution in [2.75, 3.05) is 4.90 Å². The van der Waals surface area contributed by atoms with Crippen LogP contribution in [0.2, 0.25) is 0 Å². The molecule has 0 N–H and O–H groups in total. The van der Waals surface area contributed by atoms with Gasteiger partial charge in [0.05, 0.1) is 5.69 Å². The minimum Gasteiger partial charge on any atom is -0.454 e. The van der Waals surface area contributed by atoms with Crippen molar-refractivity contribution in [3.8, 4) is 34.2 Å². The molecule has 2 aliphatic rings. The standard InChI is InChI=1S/C55H32N4OS2/c1-2-14-32-29-45-42(27-31(32)13-1)34-15-3-7-23-44(34)59(45)46-30-33(28-43-35-16-4-8-24-47(35)60-50(43)46)53-56-54(40-21-11-19-38-36-17-5-9-25-48(36)61-51(38)40)58-55(57-53)41-22-12-20-39-37-18-6-10-26-49(37)62-52(39)41/h1-26,28-30,42H,27H2. The third kappa shape index (κ3) is 4.97. The van der Waals surface area contributed by atoms with E-state index in [1.54, 1.807) is 22.7 Å². The molecule has 8 aromatic carbocycles. The van der Waals surface area contributed by atoms with E-state index in [1.165, 1.54) is 59.0 Å². The normalized spacial score (nSPS) is 14.6. The van der Waals surface area contributed by atoms with E-state index in [0.29, 0.717) is 17.5 Å². The van der Waals surface area contributed by atoms with E-state index in [9.17, 15) is 0 Å². The van der Waals surface area contributed by atoms with Crippen LogP contribution in [0, 0.1) is 0 Å². The SMILES string of the molecule is C1=C2C(Cc3ccccc31)c1ccccc1N2c1cc(-c2nc(-c3cccc4c3sc3ccccc34)nc(-c3cccc4c3sc3ccccc34)n2)cc2c1oc1ccccc12. The van der Waals surface area contributed by atoms with Crippen LogP contribution < -0.4 is 4.90 Å². The number of hydrogen-bond acceptors (Lipinski definition) is 7. The number of hydrogen-bond donors (Lipinski definition) is 0. The van der Waals surface area contributed by atoms with Gasteiger partial charge in [-0.3, -0.25) is 0 Å². The highest BCUT2D eigenvalue weighted by atomic mass is 32.1. The molecule has 0 fully saturated rings. The molecule has 0 radical (unpaired) electrons. The average Bonchev–Trinajstić information content (AvgIpc) is 4.09. The summed E-state index contributed by atoms with van der Waals surface area (Å²) in [6, 6.07) is 60.7. The van der Waals surface area contributed by atoms with Crippen molar-refractivity contribution in [1.82, 2.24) is 15.0 Å². The molecule has 14 rings (SSSR count). The number of benzene rings is 8. The van der Waals surface area contributed by atoms with Gasteiger partial charge in [0.25, 0.3) is 0 Å². The Bertz CT molecular complexity index is 3760. The van der Waals surface area contributed by atoms with Gasteiger partial charge in [0.1, 0.15) is 5.58 Å². The van der Waals surface area contributed by atoms with E-state index in [1.807, 2.05) is 6.07 Å². The molecule has 1 aliphatic heterocycles. The smallest absolute Gasteiger partial charge is 0.165 e. The summed E-state index contributed by atoms with van der Waals surface area (Å²) in [6.07, 6.45) is 3.31. The zero-order valence-electron chi connectivity index (χ0n) is 33.0. The van der Waals surface area contributed by atoms with Gasteiger partial charge in [0.15, 0.2) is 23.1 Å². The lowest BCUT2D eigenvalue weighted by molar-refractivity contribution is 0.668. The number of nitrogens with zero attached hydrogens (tertiary/aromatic N) is 4. The van der Waals surface area contributed by atoms with Gasteiger partial charge in [-0.15, -0.1) is 22.7 Å². The molecule has 0 bridgehead atoms. The van der Waals surface area contributed by atoms with E-state index < -0.39 is 0 Å². The van der Waals surface area contributed by atoms with Gasteiger partial charge < -0.3 is 9.32 Å². The molecule has 1 aliphatic carbocycles. The quantitative estimate of drug-likeness (QED) is 0.177. The first kappa shape index (κ1) is 34.3. The third-order valence-electron chi connectivity index (χ3n) is 12.8. The van der Waals surface area contributed by atoms with Crippen LogP contribution in [-0.4, -0.2) is 15.0 Å². The summed E-state index contributed by atoms with van der Waals surface area (Å²) in [6.45, 7) is 0. The van der Waals surface area contributed by atoms with Crippen molar-refractivity contribution in [2.24, 2.45) is 0 Å². The molecule has 5 nitrogen and oxygen atoms in total. The van der Waals surface area contributed by atoms with E-state index in [2.05, 4.69) is 175 Å². The van der Waals surface area contributed by atoms with Crippen molar-refractivity contribution >= 4 is 102 Å². The van der Waals surface area contributed by atoms with E-state index in [4.69, 9.17) is 19.4 Å². The van der Waals surface area contributed by atoms with Crippen molar-refractivity contribution in [3.63, 3.8) is 0 Å². The van der Waals surface area contributed by atoms with Crippen molar-refractivity contribution in [1.29, 1.82) is 0 Å². The fourth-order valence-electron chi connectivity index (χ4n) is 10.0. The Morgan fingerprint density at radius 1 is 0.500 bits per heavy atom. The number of allylic oxidation sites excluding steroid dienone is 1. The molecule has 62 heavy (non-hydrogen) atoms. The van der Waals surface area contributed by atoms with Crippen molar-refractivity contribution < 1.29 is 4.42 Å². The molecule has 7 heteroatoms. The van der Waals surface area contributed by atoms with Crippen LogP contribution in [0.5, 0.6) is 0 Å². The van der Waals surface area contributed by atoms with Gasteiger partial charge in [0.2, 0.25) is 0 Å². The molecule has 0 saturated carbocycles. The number of rotatable bonds is 4. The maximum Gasteiger partial charge on any atom is 0.165 e.